The third kappa shape index (κ3) is 3.33. The van der Waals surface area contributed by atoms with E-state index in [2.05, 4.69) is 30.1 Å². The molecule has 0 spiro atoms. The van der Waals surface area contributed by atoms with Crippen LogP contribution in [0.2, 0.25) is 0 Å². The normalized spacial score (nSPS) is 20.6. The number of rotatable bonds is 4. The molecule has 1 aliphatic heterocycles. The van der Waals surface area contributed by atoms with E-state index in [1.807, 2.05) is 13.0 Å². The van der Waals surface area contributed by atoms with Gasteiger partial charge in [0.05, 0.1) is 6.04 Å². The van der Waals surface area contributed by atoms with Gasteiger partial charge in [0.25, 0.3) is 0 Å². The van der Waals surface area contributed by atoms with Gasteiger partial charge in [0.1, 0.15) is 11.5 Å². The Morgan fingerprint density at radius 3 is 2.65 bits per heavy atom. The molecule has 0 bridgehead atoms. The second-order valence-electron chi connectivity index (χ2n) is 5.05. The van der Waals surface area contributed by atoms with Crippen molar-refractivity contribution in [2.75, 3.05) is 19.6 Å². The average molecular weight is 236 g/mol. The summed E-state index contributed by atoms with van der Waals surface area (Å²) in [4.78, 5) is 2.51. The van der Waals surface area contributed by atoms with Crippen LogP contribution in [0.4, 0.5) is 0 Å². The van der Waals surface area contributed by atoms with E-state index >= 15 is 0 Å². The van der Waals surface area contributed by atoms with E-state index in [9.17, 15) is 0 Å². The lowest BCUT2D eigenvalue weighted by Gasteiger charge is -2.32. The minimum Gasteiger partial charge on any atom is -0.465 e. The fourth-order valence-corrected chi connectivity index (χ4v) is 2.54. The van der Waals surface area contributed by atoms with E-state index in [-0.39, 0.29) is 0 Å². The first-order chi connectivity index (χ1) is 8.19. The van der Waals surface area contributed by atoms with Crippen molar-refractivity contribution >= 4 is 0 Å². The maximum absolute atomic E-state index is 5.66. The topological polar surface area (TPSA) is 28.4 Å². The Hall–Kier alpha value is -0.800. The van der Waals surface area contributed by atoms with Crippen molar-refractivity contribution in [3.05, 3.63) is 23.7 Å². The summed E-state index contributed by atoms with van der Waals surface area (Å²) in [5, 5.41) is 3.67. The Balaban J connectivity index is 1.81. The number of nitrogens with zero attached hydrogens (tertiary/aromatic N) is 1. The summed E-state index contributed by atoms with van der Waals surface area (Å²) in [6.45, 7) is 10.0. The minimum atomic E-state index is 0.321. The zero-order valence-electron chi connectivity index (χ0n) is 11.2. The molecule has 0 aromatic carbocycles. The zero-order chi connectivity index (χ0) is 12.3. The largest absolute Gasteiger partial charge is 0.465 e. The first-order valence-electron chi connectivity index (χ1n) is 6.73. The highest BCUT2D eigenvalue weighted by atomic mass is 16.3. The summed E-state index contributed by atoms with van der Waals surface area (Å²) in [6, 6.07) is 5.07. The van der Waals surface area contributed by atoms with E-state index in [0.717, 1.165) is 11.5 Å². The summed E-state index contributed by atoms with van der Waals surface area (Å²) < 4.78 is 5.66. The molecular weight excluding hydrogens is 212 g/mol. The van der Waals surface area contributed by atoms with Gasteiger partial charge in [-0.2, -0.15) is 0 Å². The quantitative estimate of drug-likeness (QED) is 0.871. The van der Waals surface area contributed by atoms with Crippen LogP contribution in [-0.4, -0.2) is 30.6 Å². The van der Waals surface area contributed by atoms with Crippen LogP contribution in [0.5, 0.6) is 0 Å². The first-order valence-corrected chi connectivity index (χ1v) is 6.73. The van der Waals surface area contributed by atoms with Crippen molar-refractivity contribution < 1.29 is 4.42 Å². The van der Waals surface area contributed by atoms with Crippen LogP contribution in [0.1, 0.15) is 44.3 Å². The number of hydrogen-bond acceptors (Lipinski definition) is 3. The lowest BCUT2D eigenvalue weighted by molar-refractivity contribution is 0.197. The van der Waals surface area contributed by atoms with Gasteiger partial charge in [-0.1, -0.05) is 6.92 Å². The maximum atomic E-state index is 5.66. The Labute approximate surface area is 104 Å². The van der Waals surface area contributed by atoms with Crippen molar-refractivity contribution in [1.29, 1.82) is 0 Å². The number of hydrogen-bond donors (Lipinski definition) is 1. The van der Waals surface area contributed by atoms with Crippen LogP contribution < -0.4 is 5.32 Å². The maximum Gasteiger partial charge on any atom is 0.120 e. The van der Waals surface area contributed by atoms with Crippen LogP contribution in [0.15, 0.2) is 16.5 Å². The monoisotopic (exact) mass is 236 g/mol. The van der Waals surface area contributed by atoms with Gasteiger partial charge in [-0.3, -0.25) is 0 Å². The van der Waals surface area contributed by atoms with Crippen LogP contribution in [-0.2, 0) is 0 Å². The SMILES string of the molecule is CCN1CCC(NC(C)c2ccc(C)o2)CC1. The number of likely N-dealkylation sites (tertiary alicyclic amines) is 1. The molecule has 0 saturated carbocycles. The molecule has 1 aliphatic rings. The lowest BCUT2D eigenvalue weighted by atomic mass is 10.0. The number of piperidine rings is 1. The van der Waals surface area contributed by atoms with Crippen molar-refractivity contribution in [3.8, 4) is 0 Å². The Bertz CT molecular complexity index is 340. The van der Waals surface area contributed by atoms with Gasteiger partial charge >= 0.3 is 0 Å². The molecule has 0 aliphatic carbocycles. The predicted molar refractivity (Wildman–Crippen MR) is 70.1 cm³/mol. The molecule has 3 nitrogen and oxygen atoms in total. The molecule has 0 radical (unpaired) electrons. The van der Waals surface area contributed by atoms with E-state index in [1.54, 1.807) is 0 Å². The fourth-order valence-electron chi connectivity index (χ4n) is 2.54. The molecule has 1 N–H and O–H groups in total. The Morgan fingerprint density at radius 2 is 2.12 bits per heavy atom. The highest BCUT2D eigenvalue weighted by Gasteiger charge is 2.20. The standard InChI is InChI=1S/C14H24N2O/c1-4-16-9-7-13(8-10-16)15-12(3)14-6-5-11(2)17-14/h5-6,12-13,15H,4,7-10H2,1-3H3. The van der Waals surface area contributed by atoms with Crippen LogP contribution in [0.3, 0.4) is 0 Å². The molecule has 1 aromatic rings. The predicted octanol–water partition coefficient (Wildman–Crippen LogP) is 2.72. The summed E-state index contributed by atoms with van der Waals surface area (Å²) in [6.07, 6.45) is 2.50. The minimum absolute atomic E-state index is 0.321. The summed E-state index contributed by atoms with van der Waals surface area (Å²) in [5.41, 5.74) is 0. The van der Waals surface area contributed by atoms with Crippen molar-refractivity contribution in [2.45, 2.75) is 45.7 Å². The molecular formula is C14H24N2O. The molecule has 3 heteroatoms. The highest BCUT2D eigenvalue weighted by Crippen LogP contribution is 2.19. The van der Waals surface area contributed by atoms with Gasteiger partial charge in [-0.25, -0.2) is 0 Å². The molecule has 96 valence electrons. The molecule has 1 fully saturated rings. The van der Waals surface area contributed by atoms with Crippen molar-refractivity contribution in [1.82, 2.24) is 10.2 Å². The highest BCUT2D eigenvalue weighted by molar-refractivity contribution is 5.09. The van der Waals surface area contributed by atoms with Crippen LogP contribution >= 0.6 is 0 Å². The van der Waals surface area contributed by atoms with Crippen molar-refractivity contribution in [3.63, 3.8) is 0 Å². The smallest absolute Gasteiger partial charge is 0.120 e. The summed E-state index contributed by atoms with van der Waals surface area (Å²) in [5.74, 6) is 2.05. The lowest BCUT2D eigenvalue weighted by Crippen LogP contribution is -2.43. The molecule has 17 heavy (non-hydrogen) atoms. The Kier molecular flexibility index (Phi) is 4.24. The van der Waals surface area contributed by atoms with Gasteiger partial charge in [0, 0.05) is 6.04 Å². The van der Waals surface area contributed by atoms with Crippen LogP contribution in [0.25, 0.3) is 0 Å². The van der Waals surface area contributed by atoms with Crippen molar-refractivity contribution in [2.24, 2.45) is 0 Å². The second-order valence-corrected chi connectivity index (χ2v) is 5.05. The van der Waals surface area contributed by atoms with Gasteiger partial charge in [0.2, 0.25) is 0 Å². The van der Waals surface area contributed by atoms with E-state index < -0.39 is 0 Å². The average Bonchev–Trinajstić information content (AvgIpc) is 2.77. The summed E-state index contributed by atoms with van der Waals surface area (Å²) >= 11 is 0. The van der Waals surface area contributed by atoms with Gasteiger partial charge in [0.15, 0.2) is 0 Å². The molecule has 2 rings (SSSR count). The number of nitrogens with one attached hydrogen (secondary N) is 1. The fraction of sp³-hybridized carbons (Fsp3) is 0.714. The molecule has 0 amide bonds. The number of furan rings is 1. The summed E-state index contributed by atoms with van der Waals surface area (Å²) in [7, 11) is 0. The Morgan fingerprint density at radius 1 is 1.41 bits per heavy atom. The molecule has 1 aromatic heterocycles. The second kappa shape index (κ2) is 5.69. The van der Waals surface area contributed by atoms with Crippen LogP contribution in [0, 0.1) is 6.92 Å². The third-order valence-electron chi connectivity index (χ3n) is 3.71. The van der Waals surface area contributed by atoms with E-state index in [1.165, 1.54) is 32.5 Å². The first kappa shape index (κ1) is 12.7. The zero-order valence-corrected chi connectivity index (χ0v) is 11.2. The molecule has 1 atom stereocenters. The van der Waals surface area contributed by atoms with Gasteiger partial charge < -0.3 is 14.6 Å². The van der Waals surface area contributed by atoms with E-state index in [4.69, 9.17) is 4.42 Å². The van der Waals surface area contributed by atoms with Gasteiger partial charge in [-0.15, -0.1) is 0 Å². The van der Waals surface area contributed by atoms with E-state index in [0.29, 0.717) is 12.1 Å². The van der Waals surface area contributed by atoms with Gasteiger partial charge in [-0.05, 0) is 58.5 Å². The molecule has 1 unspecified atom stereocenters. The molecule has 2 heterocycles. The number of aryl methyl sites for hydroxylation is 1. The molecule has 1 saturated heterocycles. The third-order valence-corrected chi connectivity index (χ3v) is 3.71.